The molecule has 11 amide bonds. The van der Waals surface area contributed by atoms with Crippen LogP contribution in [0.1, 0.15) is 118 Å². The Morgan fingerprint density at radius 2 is 1.03 bits per heavy atom. The van der Waals surface area contributed by atoms with Crippen molar-refractivity contribution in [3.8, 4) is 0 Å². The van der Waals surface area contributed by atoms with Crippen molar-refractivity contribution in [3.05, 3.63) is 0 Å². The zero-order chi connectivity index (χ0) is 53.8. The van der Waals surface area contributed by atoms with Gasteiger partial charge >= 0.3 is 5.97 Å². The Morgan fingerprint density at radius 1 is 0.569 bits per heavy atom. The van der Waals surface area contributed by atoms with Crippen molar-refractivity contribution in [3.63, 3.8) is 0 Å². The fraction of sp³-hybridized carbons (Fsp3) is 0.739. The third-order valence-electron chi connectivity index (χ3n) is 12.8. The maximum absolute atomic E-state index is 14.3. The van der Waals surface area contributed by atoms with Crippen LogP contribution in [0.25, 0.3) is 0 Å². The molecule has 0 spiro atoms. The topological polar surface area (TPSA) is 394 Å². The SMILES string of the molecule is CSCC[C@H](NC(=O)[C@H](CC(C)C)NC(=O)[C@@H]1CCCN1)C(=O)N[C@@H](CCC(N)=O)C(=O)N[C@@H](CCC(N)=O)C(=O)N[C@H](C(=O)N1CCC[C@H]1C(=O)N[C@@H](CCC(N)=O)C(=O)N1CCC[C@H]1C(=O)O)C(C)C. The molecule has 0 unspecified atom stereocenters. The summed E-state index contributed by atoms with van der Waals surface area (Å²) in [5, 5.41) is 28.6. The van der Waals surface area contributed by atoms with Crippen LogP contribution in [-0.4, -0.2) is 172 Å². The van der Waals surface area contributed by atoms with E-state index in [2.05, 4.69) is 37.2 Å². The highest BCUT2D eigenvalue weighted by molar-refractivity contribution is 7.98. The molecular formula is C46H76N12O13S. The molecule has 3 rings (SSSR count). The lowest BCUT2D eigenvalue weighted by Crippen LogP contribution is -2.61. The average molecular weight is 1040 g/mol. The van der Waals surface area contributed by atoms with Crippen LogP contribution < -0.4 is 54.4 Å². The van der Waals surface area contributed by atoms with Crippen LogP contribution in [0.2, 0.25) is 0 Å². The molecule has 0 saturated carbocycles. The summed E-state index contributed by atoms with van der Waals surface area (Å²) in [5.41, 5.74) is 16.2. The molecule has 26 heteroatoms. The van der Waals surface area contributed by atoms with Gasteiger partial charge in [0.05, 0.1) is 6.04 Å². The van der Waals surface area contributed by atoms with E-state index < -0.39 is 138 Å². The van der Waals surface area contributed by atoms with Gasteiger partial charge in [0, 0.05) is 32.4 Å². The van der Waals surface area contributed by atoms with Gasteiger partial charge < -0.3 is 69.3 Å². The lowest BCUT2D eigenvalue weighted by Gasteiger charge is -2.33. The molecule has 72 heavy (non-hydrogen) atoms. The van der Waals surface area contributed by atoms with Gasteiger partial charge in [-0.15, -0.1) is 0 Å². The molecule has 0 aliphatic carbocycles. The second-order valence-electron chi connectivity index (χ2n) is 19.3. The quantitative estimate of drug-likeness (QED) is 0.0341. The Bertz CT molecular complexity index is 1990. The Kier molecular flexibility index (Phi) is 24.7. The van der Waals surface area contributed by atoms with Gasteiger partial charge in [0.1, 0.15) is 48.3 Å². The van der Waals surface area contributed by atoms with E-state index in [1.54, 1.807) is 20.1 Å². The minimum absolute atomic E-state index is 0.0227. The number of rotatable bonds is 30. The standard InChI is InChI=1S/C46H76N12O13S/c1-24(2)23-31(55-38(62)26-9-6-19-50-26)42(66)53-29(18-22-72-5)40(64)51-27(12-15-34(47)59)39(63)52-28(13-16-35(48)60)41(65)56-37(25(3)4)45(69)57-20-7-10-32(57)43(67)54-30(14-17-36(49)61)44(68)58-21-8-11-33(58)46(70)71/h24-33,37,50H,6-23H2,1-5H3,(H2,47,59)(H2,48,60)(H2,49,61)(H,51,64)(H,52,63)(H,53,66)(H,54,67)(H,55,62)(H,56,65)(H,70,71)/t26-,27-,28-,29-,30-,31-,32-,33-,37-/m0/s1. The van der Waals surface area contributed by atoms with E-state index >= 15 is 0 Å². The number of carbonyl (C=O) groups is 12. The van der Waals surface area contributed by atoms with Crippen molar-refractivity contribution in [2.45, 2.75) is 172 Å². The molecule has 0 aromatic carbocycles. The molecule has 0 bridgehead atoms. The zero-order valence-electron chi connectivity index (χ0n) is 42.0. The molecule has 0 aromatic heterocycles. The number of hydrogen-bond donors (Lipinski definition) is 11. The van der Waals surface area contributed by atoms with Crippen molar-refractivity contribution in [2.75, 3.05) is 31.6 Å². The fourth-order valence-corrected chi connectivity index (χ4v) is 9.34. The summed E-state index contributed by atoms with van der Waals surface area (Å²) in [4.78, 5) is 161. The number of aliphatic carboxylic acids is 1. The number of nitrogens with one attached hydrogen (secondary N) is 7. The number of carboxylic acids is 1. The molecule has 404 valence electrons. The minimum atomic E-state index is -1.55. The van der Waals surface area contributed by atoms with Gasteiger partial charge in [-0.1, -0.05) is 27.7 Å². The van der Waals surface area contributed by atoms with Gasteiger partial charge in [0.25, 0.3) is 0 Å². The Hall–Kier alpha value is -6.05. The number of hydrogen-bond acceptors (Lipinski definition) is 14. The van der Waals surface area contributed by atoms with Gasteiger partial charge in [-0.2, -0.15) is 11.8 Å². The van der Waals surface area contributed by atoms with Crippen molar-refractivity contribution in [1.29, 1.82) is 0 Å². The highest BCUT2D eigenvalue weighted by atomic mass is 32.2. The van der Waals surface area contributed by atoms with Crippen LogP contribution in [0.3, 0.4) is 0 Å². The van der Waals surface area contributed by atoms with E-state index in [1.165, 1.54) is 16.7 Å². The molecule has 3 fully saturated rings. The lowest BCUT2D eigenvalue weighted by molar-refractivity contribution is -0.150. The predicted octanol–water partition coefficient (Wildman–Crippen LogP) is -3.03. The van der Waals surface area contributed by atoms with Crippen LogP contribution in [0, 0.1) is 11.8 Å². The molecule has 3 saturated heterocycles. The smallest absolute Gasteiger partial charge is 0.326 e. The molecule has 3 heterocycles. The van der Waals surface area contributed by atoms with E-state index in [4.69, 9.17) is 17.2 Å². The van der Waals surface area contributed by atoms with Crippen molar-refractivity contribution >= 4 is 82.7 Å². The summed E-state index contributed by atoms with van der Waals surface area (Å²) in [6, 6.07) is -10.7. The van der Waals surface area contributed by atoms with Crippen molar-refractivity contribution in [2.24, 2.45) is 29.0 Å². The number of primary amides is 3. The number of carboxylic acid groups (broad SMARTS) is 1. The molecule has 3 aliphatic rings. The van der Waals surface area contributed by atoms with E-state index in [1.807, 2.05) is 13.8 Å². The summed E-state index contributed by atoms with van der Waals surface area (Å²) >= 11 is 1.39. The normalized spacial score (nSPS) is 20.1. The van der Waals surface area contributed by atoms with E-state index in [9.17, 15) is 62.6 Å². The number of carbonyl (C=O) groups excluding carboxylic acids is 11. The summed E-state index contributed by atoms with van der Waals surface area (Å²) in [7, 11) is 0. The predicted molar refractivity (Wildman–Crippen MR) is 262 cm³/mol. The molecule has 3 aliphatic heterocycles. The van der Waals surface area contributed by atoms with Crippen LogP contribution in [0.5, 0.6) is 0 Å². The van der Waals surface area contributed by atoms with Gasteiger partial charge in [-0.25, -0.2) is 4.79 Å². The largest absolute Gasteiger partial charge is 0.480 e. The van der Waals surface area contributed by atoms with Crippen LogP contribution >= 0.6 is 11.8 Å². The van der Waals surface area contributed by atoms with Crippen molar-refractivity contribution < 1.29 is 62.6 Å². The average Bonchev–Trinajstić information content (AvgIpc) is 4.13. The van der Waals surface area contributed by atoms with E-state index in [-0.39, 0.29) is 76.3 Å². The summed E-state index contributed by atoms with van der Waals surface area (Å²) in [6.07, 6.45) is 2.59. The van der Waals surface area contributed by atoms with Crippen LogP contribution in [0.15, 0.2) is 0 Å². The Labute approximate surface area is 423 Å². The third-order valence-corrected chi connectivity index (χ3v) is 13.4. The first-order chi connectivity index (χ1) is 33.9. The lowest BCUT2D eigenvalue weighted by atomic mass is 10.00. The monoisotopic (exact) mass is 1040 g/mol. The molecule has 0 aromatic rings. The van der Waals surface area contributed by atoms with Gasteiger partial charge in [0.2, 0.25) is 65.0 Å². The summed E-state index contributed by atoms with van der Waals surface area (Å²) in [6.45, 7) is 7.82. The van der Waals surface area contributed by atoms with Gasteiger partial charge in [0.15, 0.2) is 0 Å². The first-order valence-corrected chi connectivity index (χ1v) is 26.1. The number of amides is 11. The molecule has 0 radical (unpaired) electrons. The maximum Gasteiger partial charge on any atom is 0.326 e. The second kappa shape index (κ2) is 29.5. The minimum Gasteiger partial charge on any atom is -0.480 e. The number of nitrogens with zero attached hydrogens (tertiary/aromatic N) is 2. The highest BCUT2D eigenvalue weighted by Crippen LogP contribution is 2.23. The summed E-state index contributed by atoms with van der Waals surface area (Å²) in [5.74, 6) is -9.78. The first kappa shape index (κ1) is 60.3. The zero-order valence-corrected chi connectivity index (χ0v) is 42.8. The third kappa shape index (κ3) is 18.8. The van der Waals surface area contributed by atoms with E-state index in [0.717, 1.165) is 11.3 Å². The van der Waals surface area contributed by atoms with E-state index in [0.29, 0.717) is 31.6 Å². The molecule has 14 N–H and O–H groups in total. The first-order valence-electron chi connectivity index (χ1n) is 24.7. The van der Waals surface area contributed by atoms with Crippen LogP contribution in [-0.2, 0) is 57.5 Å². The highest BCUT2D eigenvalue weighted by Gasteiger charge is 2.43. The van der Waals surface area contributed by atoms with Crippen molar-refractivity contribution in [1.82, 2.24) is 47.0 Å². The molecule has 25 nitrogen and oxygen atoms in total. The fourth-order valence-electron chi connectivity index (χ4n) is 8.86. The summed E-state index contributed by atoms with van der Waals surface area (Å²) < 4.78 is 0. The van der Waals surface area contributed by atoms with Gasteiger partial charge in [-0.3, -0.25) is 52.7 Å². The Morgan fingerprint density at radius 3 is 1.49 bits per heavy atom. The number of thioether (sulfide) groups is 1. The van der Waals surface area contributed by atoms with Gasteiger partial charge in [-0.05, 0) is 101 Å². The molecule has 9 atom stereocenters. The number of nitrogens with two attached hydrogens (primary N) is 3. The Balaban J connectivity index is 1.83. The maximum atomic E-state index is 14.3. The van der Waals surface area contributed by atoms with Crippen LogP contribution in [0.4, 0.5) is 0 Å². The second-order valence-corrected chi connectivity index (χ2v) is 20.3. The number of likely N-dealkylation sites (tertiary alicyclic amines) is 2. The molecular weight excluding hydrogens is 961 g/mol.